The standard InChI is InChI=1S/C23H19ClN4O3/c1-13-7-9-17(10-8-13)28-15(3)19(14(2)26-28)12-20-21(29)25-23(31)27(22(20)30)18-6-4-5-16(24)11-18/h4-12H,1-3H3,(H,25,29,31)/b20-12-. The van der Waals surface area contributed by atoms with Gasteiger partial charge in [0, 0.05) is 16.3 Å². The molecule has 1 saturated heterocycles. The second-order valence-electron chi connectivity index (χ2n) is 7.27. The summed E-state index contributed by atoms with van der Waals surface area (Å²) in [5, 5.41) is 7.15. The number of carbonyl (C=O) groups excluding carboxylic acids is 3. The average molecular weight is 435 g/mol. The van der Waals surface area contributed by atoms with Gasteiger partial charge in [-0.3, -0.25) is 14.9 Å². The summed E-state index contributed by atoms with van der Waals surface area (Å²) < 4.78 is 1.76. The van der Waals surface area contributed by atoms with Gasteiger partial charge >= 0.3 is 6.03 Å². The third kappa shape index (κ3) is 3.75. The number of halogens is 1. The third-order valence-electron chi connectivity index (χ3n) is 5.08. The molecule has 7 nitrogen and oxygen atoms in total. The molecule has 1 fully saturated rings. The summed E-state index contributed by atoms with van der Waals surface area (Å²) in [5.74, 6) is -1.48. The number of imide groups is 2. The van der Waals surface area contributed by atoms with E-state index in [1.807, 2.05) is 38.1 Å². The lowest BCUT2D eigenvalue weighted by molar-refractivity contribution is -0.122. The summed E-state index contributed by atoms with van der Waals surface area (Å²) >= 11 is 6.00. The smallest absolute Gasteiger partial charge is 0.273 e. The third-order valence-corrected chi connectivity index (χ3v) is 5.32. The molecule has 4 amide bonds. The summed E-state index contributed by atoms with van der Waals surface area (Å²) in [6, 6.07) is 13.4. The fraction of sp³-hybridized carbons (Fsp3) is 0.130. The molecule has 0 bridgehead atoms. The van der Waals surface area contributed by atoms with Crippen LogP contribution in [0.3, 0.4) is 0 Å². The van der Waals surface area contributed by atoms with E-state index in [-0.39, 0.29) is 11.3 Å². The molecule has 156 valence electrons. The largest absolute Gasteiger partial charge is 0.335 e. The number of nitrogens with zero attached hydrogens (tertiary/aromatic N) is 3. The fourth-order valence-electron chi connectivity index (χ4n) is 3.45. The number of hydrogen-bond acceptors (Lipinski definition) is 4. The summed E-state index contributed by atoms with van der Waals surface area (Å²) in [4.78, 5) is 38.9. The zero-order valence-electron chi connectivity index (χ0n) is 17.1. The summed E-state index contributed by atoms with van der Waals surface area (Å²) in [7, 11) is 0. The van der Waals surface area contributed by atoms with Crippen LogP contribution in [0.15, 0.2) is 54.1 Å². The molecular formula is C23H19ClN4O3. The van der Waals surface area contributed by atoms with Gasteiger partial charge in [-0.25, -0.2) is 14.4 Å². The van der Waals surface area contributed by atoms with Crippen molar-refractivity contribution in [1.82, 2.24) is 15.1 Å². The molecule has 2 aromatic carbocycles. The second-order valence-corrected chi connectivity index (χ2v) is 7.71. The number of barbiturate groups is 1. The lowest BCUT2D eigenvalue weighted by atomic mass is 10.1. The van der Waals surface area contributed by atoms with E-state index in [0.29, 0.717) is 16.3 Å². The monoisotopic (exact) mass is 434 g/mol. The van der Waals surface area contributed by atoms with Gasteiger partial charge in [-0.2, -0.15) is 5.10 Å². The van der Waals surface area contributed by atoms with Crippen molar-refractivity contribution in [1.29, 1.82) is 0 Å². The molecule has 0 saturated carbocycles. The summed E-state index contributed by atoms with van der Waals surface area (Å²) in [6.45, 7) is 5.66. The molecule has 1 aliphatic rings. The fourth-order valence-corrected chi connectivity index (χ4v) is 3.64. The summed E-state index contributed by atoms with van der Waals surface area (Å²) in [5.41, 5.74) is 4.16. The first-order valence-corrected chi connectivity index (χ1v) is 9.94. The lowest BCUT2D eigenvalue weighted by Gasteiger charge is -2.26. The maximum absolute atomic E-state index is 13.1. The number of amides is 4. The van der Waals surface area contributed by atoms with Gasteiger partial charge in [0.05, 0.1) is 17.1 Å². The number of benzene rings is 2. The van der Waals surface area contributed by atoms with Crippen LogP contribution in [0.2, 0.25) is 5.02 Å². The zero-order valence-corrected chi connectivity index (χ0v) is 17.9. The van der Waals surface area contributed by atoms with Crippen molar-refractivity contribution in [2.24, 2.45) is 0 Å². The topological polar surface area (TPSA) is 84.3 Å². The van der Waals surface area contributed by atoms with Crippen LogP contribution >= 0.6 is 11.6 Å². The quantitative estimate of drug-likeness (QED) is 0.496. The van der Waals surface area contributed by atoms with Gasteiger partial charge in [0.2, 0.25) is 0 Å². The molecule has 2 heterocycles. The van der Waals surface area contributed by atoms with Crippen molar-refractivity contribution in [2.45, 2.75) is 20.8 Å². The van der Waals surface area contributed by atoms with Gasteiger partial charge in [0.1, 0.15) is 5.57 Å². The van der Waals surface area contributed by atoms with Crippen molar-refractivity contribution in [2.75, 3.05) is 4.90 Å². The number of urea groups is 1. The van der Waals surface area contributed by atoms with Gasteiger partial charge in [0.15, 0.2) is 0 Å². The van der Waals surface area contributed by atoms with E-state index in [4.69, 9.17) is 11.6 Å². The van der Waals surface area contributed by atoms with E-state index in [9.17, 15) is 14.4 Å². The molecule has 4 rings (SSSR count). The molecule has 31 heavy (non-hydrogen) atoms. The number of aromatic nitrogens is 2. The Bertz CT molecular complexity index is 1260. The maximum atomic E-state index is 13.1. The Morgan fingerprint density at radius 2 is 1.68 bits per heavy atom. The molecule has 0 aliphatic carbocycles. The normalized spacial score (nSPS) is 15.5. The number of aryl methyl sites for hydroxylation is 2. The SMILES string of the molecule is Cc1ccc(-n2nc(C)c(/C=C3/C(=O)NC(=O)N(c4cccc(Cl)c4)C3=O)c2C)cc1. The van der Waals surface area contributed by atoms with E-state index in [0.717, 1.165) is 21.8 Å². The average Bonchev–Trinajstić information content (AvgIpc) is 2.99. The Labute approximate surface area is 183 Å². The molecule has 0 unspecified atom stereocenters. The molecule has 0 radical (unpaired) electrons. The van der Waals surface area contributed by atoms with Gasteiger partial charge in [-0.05, 0) is 57.2 Å². The minimum Gasteiger partial charge on any atom is -0.273 e. The number of rotatable bonds is 3. The first-order chi connectivity index (χ1) is 14.8. The first-order valence-electron chi connectivity index (χ1n) is 9.56. The highest BCUT2D eigenvalue weighted by Gasteiger charge is 2.37. The second kappa shape index (κ2) is 7.85. The van der Waals surface area contributed by atoms with E-state index in [2.05, 4.69) is 10.4 Å². The predicted octanol–water partition coefficient (Wildman–Crippen LogP) is 4.12. The van der Waals surface area contributed by atoms with Gasteiger partial charge in [0.25, 0.3) is 11.8 Å². The Kier molecular flexibility index (Phi) is 5.20. The number of anilines is 1. The molecule has 0 spiro atoms. The van der Waals surface area contributed by atoms with Gasteiger partial charge in [-0.15, -0.1) is 0 Å². The van der Waals surface area contributed by atoms with Crippen LogP contribution in [0.5, 0.6) is 0 Å². The molecule has 8 heteroatoms. The van der Waals surface area contributed by atoms with E-state index in [1.54, 1.807) is 29.8 Å². The van der Waals surface area contributed by atoms with Crippen molar-refractivity contribution in [3.8, 4) is 5.69 Å². The molecule has 1 aromatic heterocycles. The maximum Gasteiger partial charge on any atom is 0.335 e. The minimum absolute atomic E-state index is 0.158. The van der Waals surface area contributed by atoms with Crippen molar-refractivity contribution in [3.05, 3.63) is 81.6 Å². The highest BCUT2D eigenvalue weighted by atomic mass is 35.5. The Morgan fingerprint density at radius 1 is 0.968 bits per heavy atom. The molecular weight excluding hydrogens is 416 g/mol. The van der Waals surface area contributed by atoms with Crippen molar-refractivity contribution >= 4 is 41.2 Å². The molecule has 1 aliphatic heterocycles. The van der Waals surface area contributed by atoms with E-state index in [1.165, 1.54) is 12.1 Å². The van der Waals surface area contributed by atoms with Crippen LogP contribution in [-0.2, 0) is 9.59 Å². The number of nitrogens with one attached hydrogen (secondary N) is 1. The van der Waals surface area contributed by atoms with Gasteiger partial charge < -0.3 is 0 Å². The van der Waals surface area contributed by atoms with Crippen LogP contribution in [-0.4, -0.2) is 27.6 Å². The number of hydrogen-bond donors (Lipinski definition) is 1. The van der Waals surface area contributed by atoms with Crippen LogP contribution in [0, 0.1) is 20.8 Å². The van der Waals surface area contributed by atoms with Crippen LogP contribution in [0.4, 0.5) is 10.5 Å². The highest BCUT2D eigenvalue weighted by Crippen LogP contribution is 2.26. The Balaban J connectivity index is 1.77. The molecule has 0 atom stereocenters. The predicted molar refractivity (Wildman–Crippen MR) is 118 cm³/mol. The summed E-state index contributed by atoms with van der Waals surface area (Å²) in [6.07, 6.45) is 1.48. The van der Waals surface area contributed by atoms with Crippen LogP contribution in [0.1, 0.15) is 22.5 Å². The highest BCUT2D eigenvalue weighted by molar-refractivity contribution is 6.39. The Morgan fingerprint density at radius 3 is 2.35 bits per heavy atom. The number of carbonyl (C=O) groups is 3. The van der Waals surface area contributed by atoms with Crippen LogP contribution in [0.25, 0.3) is 11.8 Å². The lowest BCUT2D eigenvalue weighted by Crippen LogP contribution is -2.54. The molecule has 1 N–H and O–H groups in total. The zero-order chi connectivity index (χ0) is 22.3. The van der Waals surface area contributed by atoms with Gasteiger partial charge in [-0.1, -0.05) is 35.4 Å². The first kappa shape index (κ1) is 20.6. The van der Waals surface area contributed by atoms with Crippen molar-refractivity contribution in [3.63, 3.8) is 0 Å². The van der Waals surface area contributed by atoms with E-state index < -0.39 is 17.8 Å². The van der Waals surface area contributed by atoms with Crippen molar-refractivity contribution < 1.29 is 14.4 Å². The Hall–Kier alpha value is -3.71. The van der Waals surface area contributed by atoms with Crippen LogP contribution < -0.4 is 10.2 Å². The van der Waals surface area contributed by atoms with E-state index >= 15 is 0 Å². The molecule has 3 aromatic rings. The minimum atomic E-state index is -0.821.